The summed E-state index contributed by atoms with van der Waals surface area (Å²) in [5.74, 6) is 0. The Morgan fingerprint density at radius 2 is 1.12 bits per heavy atom. The molecule has 0 unspecified atom stereocenters. The van der Waals surface area contributed by atoms with Crippen molar-refractivity contribution in [3.63, 3.8) is 0 Å². The predicted octanol–water partition coefficient (Wildman–Crippen LogP) is 4.72. The summed E-state index contributed by atoms with van der Waals surface area (Å²) in [5.41, 5.74) is 0. The van der Waals surface area contributed by atoms with Gasteiger partial charge in [-0.1, -0.05) is 76.2 Å². The first-order valence-electron chi connectivity index (χ1n) is 6.85. The van der Waals surface area contributed by atoms with Crippen LogP contribution in [0.25, 0.3) is 0 Å². The molecule has 0 amide bonds. The van der Waals surface area contributed by atoms with Gasteiger partial charge in [-0.15, -0.1) is 0 Å². The molecule has 0 heterocycles. The van der Waals surface area contributed by atoms with Crippen LogP contribution in [0.2, 0.25) is 0 Å². The van der Waals surface area contributed by atoms with Crippen molar-refractivity contribution >= 4 is 0 Å². The van der Waals surface area contributed by atoms with Crippen LogP contribution in [0.3, 0.4) is 0 Å². The average Bonchev–Trinajstić information content (AvgIpc) is 2.31. The molecule has 3 nitrogen and oxygen atoms in total. The quantitative estimate of drug-likeness (QED) is 0.284. The number of hydrogen-bond donors (Lipinski definition) is 1. The predicted molar refractivity (Wildman–Crippen MR) is 66.1 cm³/mol. The Kier molecular flexibility index (Phi) is 14.8. The van der Waals surface area contributed by atoms with Gasteiger partial charge in [0.1, 0.15) is 0 Å². The van der Waals surface area contributed by atoms with Crippen LogP contribution in [0.4, 0.5) is 0 Å². The molecule has 0 aliphatic carbocycles. The maximum atomic E-state index is 7.91. The largest absolute Gasteiger partial charge is 0.221 e. The zero-order valence-electron chi connectivity index (χ0n) is 10.7. The summed E-state index contributed by atoms with van der Waals surface area (Å²) >= 11 is 0. The molecule has 0 aromatic rings. The Hall–Kier alpha value is -0.120. The Morgan fingerprint density at radius 1 is 0.688 bits per heavy atom. The van der Waals surface area contributed by atoms with Crippen molar-refractivity contribution in [1.82, 2.24) is 0 Å². The molecular weight excluding hydrogens is 204 g/mol. The van der Waals surface area contributed by atoms with E-state index in [2.05, 4.69) is 16.8 Å². The normalized spacial score (nSPS) is 10.9. The van der Waals surface area contributed by atoms with Gasteiger partial charge in [0.2, 0.25) is 0 Å². The van der Waals surface area contributed by atoms with E-state index in [9.17, 15) is 0 Å². The average molecular weight is 232 g/mol. The van der Waals surface area contributed by atoms with Crippen molar-refractivity contribution in [3.8, 4) is 0 Å². The molecule has 0 aliphatic heterocycles. The van der Waals surface area contributed by atoms with E-state index in [1.165, 1.54) is 64.2 Å². The molecule has 0 fully saturated rings. The van der Waals surface area contributed by atoms with Crippen molar-refractivity contribution in [2.24, 2.45) is 0 Å². The van der Waals surface area contributed by atoms with E-state index in [0.717, 1.165) is 6.42 Å². The Labute approximate surface area is 100.0 Å². The van der Waals surface area contributed by atoms with Crippen molar-refractivity contribution in [3.05, 3.63) is 0 Å². The standard InChI is InChI=1S/C13H28O3/c1-2-3-4-5-6-7-8-9-10-11-12-13-15-16-14/h14H,2-13H2,1H3. The molecule has 0 rings (SSSR count). The van der Waals surface area contributed by atoms with Gasteiger partial charge in [-0.05, 0) is 6.42 Å². The van der Waals surface area contributed by atoms with Gasteiger partial charge < -0.3 is 0 Å². The van der Waals surface area contributed by atoms with Gasteiger partial charge in [-0.25, -0.2) is 10.1 Å². The molecule has 16 heavy (non-hydrogen) atoms. The molecule has 0 spiro atoms. The van der Waals surface area contributed by atoms with E-state index < -0.39 is 0 Å². The third kappa shape index (κ3) is 13.9. The van der Waals surface area contributed by atoms with Crippen LogP contribution in [0.15, 0.2) is 0 Å². The maximum absolute atomic E-state index is 7.91. The molecule has 0 atom stereocenters. The van der Waals surface area contributed by atoms with E-state index in [1.54, 1.807) is 0 Å². The fourth-order valence-electron chi connectivity index (χ4n) is 1.86. The zero-order valence-corrected chi connectivity index (χ0v) is 10.7. The summed E-state index contributed by atoms with van der Waals surface area (Å²) in [7, 11) is 0. The fourth-order valence-corrected chi connectivity index (χ4v) is 1.86. The lowest BCUT2D eigenvalue weighted by Gasteiger charge is -2.02. The first-order chi connectivity index (χ1) is 7.91. The minimum absolute atomic E-state index is 0.494. The van der Waals surface area contributed by atoms with E-state index >= 15 is 0 Å². The summed E-state index contributed by atoms with van der Waals surface area (Å²) in [4.78, 5) is 4.37. The highest BCUT2D eigenvalue weighted by Crippen LogP contribution is 2.11. The van der Waals surface area contributed by atoms with E-state index in [0.29, 0.717) is 6.61 Å². The van der Waals surface area contributed by atoms with Crippen LogP contribution in [0.5, 0.6) is 0 Å². The van der Waals surface area contributed by atoms with E-state index in [4.69, 9.17) is 5.26 Å². The molecule has 0 aliphatic rings. The summed E-state index contributed by atoms with van der Waals surface area (Å²) in [6.45, 7) is 2.75. The zero-order chi connectivity index (χ0) is 11.9. The lowest BCUT2D eigenvalue weighted by atomic mass is 10.1. The lowest BCUT2D eigenvalue weighted by molar-refractivity contribution is -0.490. The van der Waals surface area contributed by atoms with Gasteiger partial charge in [0.05, 0.1) is 6.61 Å². The highest BCUT2D eigenvalue weighted by Gasteiger charge is 1.93. The van der Waals surface area contributed by atoms with Crippen LogP contribution in [0.1, 0.15) is 77.6 Å². The van der Waals surface area contributed by atoms with Gasteiger partial charge in [0, 0.05) is 0 Å². The van der Waals surface area contributed by atoms with Gasteiger partial charge in [0.15, 0.2) is 0 Å². The molecule has 0 bridgehead atoms. The first kappa shape index (κ1) is 15.9. The summed E-state index contributed by atoms with van der Waals surface area (Å²) in [5, 5.41) is 11.4. The monoisotopic (exact) mass is 232 g/mol. The minimum Gasteiger partial charge on any atom is -0.221 e. The van der Waals surface area contributed by atoms with Crippen molar-refractivity contribution < 1.29 is 15.2 Å². The number of rotatable bonds is 13. The Bertz CT molecular complexity index is 104. The smallest absolute Gasteiger partial charge is 0.0853 e. The SMILES string of the molecule is CCCCCCCCCCCCCOOO. The molecule has 0 saturated heterocycles. The number of unbranched alkanes of at least 4 members (excludes halogenated alkanes) is 10. The second-order valence-corrected chi connectivity index (χ2v) is 4.43. The van der Waals surface area contributed by atoms with Crippen molar-refractivity contribution in [2.75, 3.05) is 6.61 Å². The molecule has 1 N–H and O–H groups in total. The van der Waals surface area contributed by atoms with Crippen LogP contribution < -0.4 is 0 Å². The maximum Gasteiger partial charge on any atom is 0.0853 e. The molecule has 0 aromatic heterocycles. The number of hydrogen-bond acceptors (Lipinski definition) is 3. The minimum atomic E-state index is 0.494. The second kappa shape index (κ2) is 14.9. The van der Waals surface area contributed by atoms with Crippen molar-refractivity contribution in [2.45, 2.75) is 77.6 Å². The molecule has 98 valence electrons. The summed E-state index contributed by atoms with van der Waals surface area (Å²) in [6, 6.07) is 0. The fraction of sp³-hybridized carbons (Fsp3) is 1.00. The molecular formula is C13H28O3. The molecule has 0 radical (unpaired) electrons. The van der Waals surface area contributed by atoms with Gasteiger partial charge in [-0.3, -0.25) is 0 Å². The lowest BCUT2D eigenvalue weighted by Crippen LogP contribution is -1.92. The highest BCUT2D eigenvalue weighted by atomic mass is 17.5. The molecule has 0 aromatic carbocycles. The molecule has 3 heteroatoms. The summed E-state index contributed by atoms with van der Waals surface area (Å²) < 4.78 is 0. The second-order valence-electron chi connectivity index (χ2n) is 4.43. The summed E-state index contributed by atoms with van der Waals surface area (Å²) in [6.07, 6.45) is 14.4. The van der Waals surface area contributed by atoms with E-state index in [-0.39, 0.29) is 0 Å². The highest BCUT2D eigenvalue weighted by molar-refractivity contribution is 4.47. The van der Waals surface area contributed by atoms with Gasteiger partial charge in [0.25, 0.3) is 0 Å². The van der Waals surface area contributed by atoms with Crippen LogP contribution in [-0.2, 0) is 9.93 Å². The van der Waals surface area contributed by atoms with Crippen LogP contribution in [-0.4, -0.2) is 11.9 Å². The molecule has 0 saturated carbocycles. The van der Waals surface area contributed by atoms with Crippen LogP contribution in [0, 0.1) is 0 Å². The first-order valence-corrected chi connectivity index (χ1v) is 6.85. The van der Waals surface area contributed by atoms with Gasteiger partial charge >= 0.3 is 0 Å². The van der Waals surface area contributed by atoms with E-state index in [1.807, 2.05) is 0 Å². The Balaban J connectivity index is 2.83. The Morgan fingerprint density at radius 3 is 1.56 bits per heavy atom. The van der Waals surface area contributed by atoms with Gasteiger partial charge in [-0.2, -0.15) is 0 Å². The van der Waals surface area contributed by atoms with Crippen molar-refractivity contribution in [1.29, 1.82) is 0 Å². The topological polar surface area (TPSA) is 38.7 Å². The third-order valence-electron chi connectivity index (χ3n) is 2.88. The van der Waals surface area contributed by atoms with Crippen LogP contribution >= 0.6 is 0 Å². The third-order valence-corrected chi connectivity index (χ3v) is 2.88.